The predicted octanol–water partition coefficient (Wildman–Crippen LogP) is 5.54. The van der Waals surface area contributed by atoms with E-state index in [1.54, 1.807) is 30.6 Å². The van der Waals surface area contributed by atoms with E-state index >= 15 is 0 Å². The average Bonchev–Trinajstić information content (AvgIpc) is 2.91. The summed E-state index contributed by atoms with van der Waals surface area (Å²) in [5.41, 5.74) is 1.14. The largest absolute Gasteiger partial charge is 0.323 e. The number of rotatable bonds is 9. The number of hydrogen-bond acceptors (Lipinski definition) is 4. The van der Waals surface area contributed by atoms with E-state index in [0.29, 0.717) is 11.3 Å². The van der Waals surface area contributed by atoms with E-state index < -0.39 is 45.5 Å². The SMILES string of the molecule is O=C(/C=C/c1ccncc1)Nc1ccc(S(=O)(=O)N(Cc2ccc(F)cc2)Cc2c(F)cccc2F)cc1. The van der Waals surface area contributed by atoms with E-state index in [1.165, 1.54) is 60.7 Å². The van der Waals surface area contributed by atoms with Crippen LogP contribution in [0.4, 0.5) is 18.9 Å². The number of aromatic nitrogens is 1. The maximum atomic E-state index is 14.4. The Labute approximate surface area is 218 Å². The molecule has 194 valence electrons. The third-order valence-electron chi connectivity index (χ3n) is 5.56. The van der Waals surface area contributed by atoms with Gasteiger partial charge >= 0.3 is 0 Å². The Kier molecular flexibility index (Phi) is 8.35. The first kappa shape index (κ1) is 26.8. The van der Waals surface area contributed by atoms with Crippen LogP contribution < -0.4 is 5.32 Å². The first-order valence-electron chi connectivity index (χ1n) is 11.4. The zero-order valence-electron chi connectivity index (χ0n) is 19.9. The molecule has 10 heteroatoms. The minimum Gasteiger partial charge on any atom is -0.323 e. The van der Waals surface area contributed by atoms with Gasteiger partial charge < -0.3 is 5.32 Å². The van der Waals surface area contributed by atoms with Gasteiger partial charge in [-0.2, -0.15) is 4.31 Å². The van der Waals surface area contributed by atoms with Gasteiger partial charge in [0, 0.05) is 42.8 Å². The number of pyridine rings is 1. The van der Waals surface area contributed by atoms with E-state index in [-0.39, 0.29) is 11.4 Å². The van der Waals surface area contributed by atoms with Crippen LogP contribution in [0.3, 0.4) is 0 Å². The van der Waals surface area contributed by atoms with E-state index in [1.807, 2.05) is 0 Å². The first-order chi connectivity index (χ1) is 18.2. The summed E-state index contributed by atoms with van der Waals surface area (Å²) in [6.07, 6.45) is 6.12. The summed E-state index contributed by atoms with van der Waals surface area (Å²) >= 11 is 0. The van der Waals surface area contributed by atoms with Gasteiger partial charge in [0.1, 0.15) is 17.5 Å². The summed E-state index contributed by atoms with van der Waals surface area (Å²) in [4.78, 5) is 16.0. The fourth-order valence-corrected chi connectivity index (χ4v) is 4.97. The van der Waals surface area contributed by atoms with Crippen LogP contribution in [0, 0.1) is 17.5 Å². The van der Waals surface area contributed by atoms with Gasteiger partial charge in [-0.1, -0.05) is 18.2 Å². The van der Waals surface area contributed by atoms with Gasteiger partial charge in [0.05, 0.1) is 4.90 Å². The normalized spacial score (nSPS) is 11.7. The maximum Gasteiger partial charge on any atom is 0.248 e. The van der Waals surface area contributed by atoms with Crippen molar-refractivity contribution in [2.24, 2.45) is 0 Å². The van der Waals surface area contributed by atoms with Crippen molar-refractivity contribution in [3.05, 3.63) is 131 Å². The van der Waals surface area contributed by atoms with Gasteiger partial charge in [-0.05, 0) is 77.9 Å². The molecular formula is C28H22F3N3O3S. The Bertz CT molecular complexity index is 1520. The van der Waals surface area contributed by atoms with Crippen LogP contribution in [-0.2, 0) is 27.9 Å². The van der Waals surface area contributed by atoms with Gasteiger partial charge in [-0.15, -0.1) is 0 Å². The number of carbonyl (C=O) groups is 1. The van der Waals surface area contributed by atoms with E-state index in [9.17, 15) is 26.4 Å². The molecule has 0 bridgehead atoms. The topological polar surface area (TPSA) is 79.4 Å². The zero-order valence-corrected chi connectivity index (χ0v) is 20.7. The van der Waals surface area contributed by atoms with E-state index in [2.05, 4.69) is 10.3 Å². The Hall–Kier alpha value is -4.28. The van der Waals surface area contributed by atoms with Crippen molar-refractivity contribution in [1.82, 2.24) is 9.29 Å². The Morgan fingerprint density at radius 2 is 1.47 bits per heavy atom. The molecule has 1 heterocycles. The maximum absolute atomic E-state index is 14.4. The van der Waals surface area contributed by atoms with Gasteiger partial charge in [0.2, 0.25) is 15.9 Å². The van der Waals surface area contributed by atoms with Crippen LogP contribution in [0.2, 0.25) is 0 Å². The van der Waals surface area contributed by atoms with Crippen molar-refractivity contribution in [1.29, 1.82) is 0 Å². The fraction of sp³-hybridized carbons (Fsp3) is 0.0714. The third kappa shape index (κ3) is 6.72. The smallest absolute Gasteiger partial charge is 0.248 e. The van der Waals surface area contributed by atoms with Crippen LogP contribution in [0.25, 0.3) is 6.08 Å². The number of amides is 1. The second-order valence-corrected chi connectivity index (χ2v) is 10.2. The zero-order chi connectivity index (χ0) is 27.1. The molecule has 0 saturated heterocycles. The lowest BCUT2D eigenvalue weighted by Crippen LogP contribution is -2.31. The minimum absolute atomic E-state index is 0.151. The molecule has 0 aliphatic heterocycles. The van der Waals surface area contributed by atoms with Crippen LogP contribution >= 0.6 is 0 Å². The molecule has 4 aromatic rings. The fourth-order valence-electron chi connectivity index (χ4n) is 3.57. The average molecular weight is 538 g/mol. The van der Waals surface area contributed by atoms with E-state index in [4.69, 9.17) is 0 Å². The minimum atomic E-state index is -4.26. The lowest BCUT2D eigenvalue weighted by atomic mass is 10.2. The molecule has 1 amide bonds. The highest BCUT2D eigenvalue weighted by Gasteiger charge is 2.27. The van der Waals surface area contributed by atoms with Gasteiger partial charge in [0.15, 0.2) is 0 Å². The quantitative estimate of drug-likeness (QED) is 0.284. The van der Waals surface area contributed by atoms with Crippen molar-refractivity contribution in [2.75, 3.05) is 5.32 Å². The molecule has 1 N–H and O–H groups in total. The molecule has 0 atom stereocenters. The summed E-state index contributed by atoms with van der Waals surface area (Å²) in [5, 5.41) is 2.64. The van der Waals surface area contributed by atoms with Crippen LogP contribution in [-0.4, -0.2) is 23.6 Å². The number of sulfonamides is 1. The second kappa shape index (κ2) is 11.8. The van der Waals surface area contributed by atoms with Gasteiger partial charge in [-0.3, -0.25) is 9.78 Å². The molecule has 0 saturated carbocycles. The number of anilines is 1. The van der Waals surface area contributed by atoms with E-state index in [0.717, 1.165) is 22.0 Å². The first-order valence-corrected chi connectivity index (χ1v) is 12.8. The molecule has 0 aliphatic carbocycles. The summed E-state index contributed by atoms with van der Waals surface area (Å²) in [5.74, 6) is -2.70. The third-order valence-corrected chi connectivity index (χ3v) is 7.37. The molecule has 3 aromatic carbocycles. The van der Waals surface area contributed by atoms with Crippen LogP contribution in [0.15, 0.2) is 102 Å². The van der Waals surface area contributed by atoms with Crippen LogP contribution in [0.5, 0.6) is 0 Å². The molecule has 4 rings (SSSR count). The molecule has 6 nitrogen and oxygen atoms in total. The highest BCUT2D eigenvalue weighted by atomic mass is 32.2. The molecular weight excluding hydrogens is 515 g/mol. The monoisotopic (exact) mass is 537 g/mol. The summed E-state index contributed by atoms with van der Waals surface area (Å²) in [7, 11) is -4.26. The Balaban J connectivity index is 1.56. The number of halogens is 3. The summed E-state index contributed by atoms with van der Waals surface area (Å²) in [6.45, 7) is -0.842. The Morgan fingerprint density at radius 1 is 0.842 bits per heavy atom. The molecule has 0 unspecified atom stereocenters. The van der Waals surface area contributed by atoms with Crippen LogP contribution in [0.1, 0.15) is 16.7 Å². The van der Waals surface area contributed by atoms with Crippen molar-refractivity contribution in [2.45, 2.75) is 18.0 Å². The van der Waals surface area contributed by atoms with Gasteiger partial charge in [-0.25, -0.2) is 21.6 Å². The number of benzene rings is 3. The summed E-state index contributed by atoms with van der Waals surface area (Å²) < 4.78 is 70.1. The Morgan fingerprint density at radius 3 is 2.11 bits per heavy atom. The molecule has 0 radical (unpaired) electrons. The highest BCUT2D eigenvalue weighted by molar-refractivity contribution is 7.89. The number of carbonyl (C=O) groups excluding carboxylic acids is 1. The molecule has 38 heavy (non-hydrogen) atoms. The molecule has 0 aliphatic rings. The standard InChI is InChI=1S/C28H22F3N3O3S/c29-22-7-4-21(5-8-22)18-34(19-25-26(30)2-1-3-27(25)31)38(36,37)24-11-9-23(10-12-24)33-28(35)13-6-20-14-16-32-17-15-20/h1-17H,18-19H2,(H,33,35)/b13-6+. The van der Waals surface area contributed by atoms with Crippen molar-refractivity contribution >= 4 is 27.7 Å². The lowest BCUT2D eigenvalue weighted by molar-refractivity contribution is -0.111. The molecule has 1 aromatic heterocycles. The molecule has 0 fully saturated rings. The number of nitrogens with one attached hydrogen (secondary N) is 1. The second-order valence-electron chi connectivity index (χ2n) is 8.23. The van der Waals surface area contributed by atoms with Gasteiger partial charge in [0.25, 0.3) is 0 Å². The molecule has 0 spiro atoms. The highest BCUT2D eigenvalue weighted by Crippen LogP contribution is 2.25. The predicted molar refractivity (Wildman–Crippen MR) is 138 cm³/mol. The van der Waals surface area contributed by atoms with Crippen molar-refractivity contribution in [3.63, 3.8) is 0 Å². The summed E-state index contributed by atoms with van der Waals surface area (Å²) in [6, 6.07) is 17.3. The lowest BCUT2D eigenvalue weighted by Gasteiger charge is -2.23. The number of nitrogens with zero attached hydrogens (tertiary/aromatic N) is 2. The van der Waals surface area contributed by atoms with Crippen molar-refractivity contribution in [3.8, 4) is 0 Å². The number of hydrogen-bond donors (Lipinski definition) is 1. The van der Waals surface area contributed by atoms with Crippen molar-refractivity contribution < 1.29 is 26.4 Å².